The van der Waals surface area contributed by atoms with E-state index in [1.165, 1.54) is 4.31 Å². The topological polar surface area (TPSA) is 49.9 Å². The van der Waals surface area contributed by atoms with E-state index in [0.717, 1.165) is 43.5 Å². The van der Waals surface area contributed by atoms with Gasteiger partial charge in [0.15, 0.2) is 0 Å². The summed E-state index contributed by atoms with van der Waals surface area (Å²) in [4.78, 5) is 2.21. The molecule has 2 aliphatic rings. The van der Waals surface area contributed by atoms with Crippen LogP contribution >= 0.6 is 11.8 Å². The highest BCUT2D eigenvalue weighted by Crippen LogP contribution is 2.24. The monoisotopic (exact) mass is 406 g/mol. The molecule has 0 N–H and O–H groups in total. The number of sulfonamides is 1. The second-order valence-corrected chi connectivity index (χ2v) is 9.67. The van der Waals surface area contributed by atoms with Crippen LogP contribution in [-0.4, -0.2) is 74.6 Å². The van der Waals surface area contributed by atoms with Gasteiger partial charge in [0.2, 0.25) is 10.0 Å². The maximum Gasteiger partial charge on any atom is 0.218 e. The quantitative estimate of drug-likeness (QED) is 0.748. The van der Waals surface area contributed by atoms with Crippen LogP contribution in [0.1, 0.15) is 12.0 Å². The van der Waals surface area contributed by atoms with Gasteiger partial charge in [0.05, 0.1) is 19.0 Å². The Morgan fingerprint density at radius 3 is 2.73 bits per heavy atom. The molecular formula is C17H24F2N2O3S2. The van der Waals surface area contributed by atoms with Gasteiger partial charge in [-0.1, -0.05) is 0 Å². The third-order valence-electron chi connectivity index (χ3n) is 4.66. The minimum absolute atomic E-state index is 0.118. The fraction of sp³-hybridized carbons (Fsp3) is 0.647. The Bertz CT molecular complexity index is 712. The highest BCUT2D eigenvalue weighted by atomic mass is 32.2. The summed E-state index contributed by atoms with van der Waals surface area (Å²) in [6.07, 6.45) is 0.759. The van der Waals surface area contributed by atoms with Crippen molar-refractivity contribution in [1.82, 2.24) is 9.21 Å². The van der Waals surface area contributed by atoms with Gasteiger partial charge >= 0.3 is 0 Å². The second-order valence-electron chi connectivity index (χ2n) is 6.60. The van der Waals surface area contributed by atoms with Crippen molar-refractivity contribution in [3.05, 3.63) is 35.4 Å². The van der Waals surface area contributed by atoms with Crippen LogP contribution in [0.4, 0.5) is 8.78 Å². The molecule has 3 rings (SSSR count). The van der Waals surface area contributed by atoms with Crippen molar-refractivity contribution in [2.24, 2.45) is 0 Å². The number of nitrogens with zero attached hydrogens (tertiary/aromatic N) is 2. The number of ether oxygens (including phenoxy) is 1. The first-order chi connectivity index (χ1) is 12.5. The molecule has 2 aliphatic heterocycles. The largest absolute Gasteiger partial charge is 0.379 e. The molecule has 0 aromatic heterocycles. The highest BCUT2D eigenvalue weighted by Gasteiger charge is 2.33. The summed E-state index contributed by atoms with van der Waals surface area (Å²) in [5, 5.41) is 0. The van der Waals surface area contributed by atoms with E-state index in [-0.39, 0.29) is 11.6 Å². The molecule has 2 saturated heterocycles. The number of morpholine rings is 1. The van der Waals surface area contributed by atoms with Crippen molar-refractivity contribution >= 4 is 21.8 Å². The third-order valence-corrected chi connectivity index (χ3v) is 7.73. The summed E-state index contributed by atoms with van der Waals surface area (Å²) >= 11 is 1.75. The minimum Gasteiger partial charge on any atom is -0.379 e. The first-order valence-corrected chi connectivity index (χ1v) is 11.5. The number of rotatable bonds is 5. The Labute approximate surface area is 157 Å². The average molecular weight is 407 g/mol. The van der Waals surface area contributed by atoms with E-state index in [9.17, 15) is 17.2 Å². The van der Waals surface area contributed by atoms with Crippen LogP contribution in [-0.2, 0) is 20.5 Å². The molecule has 0 aliphatic carbocycles. The van der Waals surface area contributed by atoms with E-state index >= 15 is 0 Å². The first-order valence-electron chi connectivity index (χ1n) is 8.77. The summed E-state index contributed by atoms with van der Waals surface area (Å²) in [6.45, 7) is 3.94. The molecule has 1 atom stereocenters. The smallest absolute Gasteiger partial charge is 0.218 e. The van der Waals surface area contributed by atoms with E-state index in [1.54, 1.807) is 11.8 Å². The zero-order valence-corrected chi connectivity index (χ0v) is 16.2. The molecule has 0 saturated carbocycles. The Morgan fingerprint density at radius 2 is 1.96 bits per heavy atom. The van der Waals surface area contributed by atoms with Gasteiger partial charge < -0.3 is 4.74 Å². The van der Waals surface area contributed by atoms with Gasteiger partial charge in [0.25, 0.3) is 0 Å². The second kappa shape index (κ2) is 8.97. The molecule has 146 valence electrons. The fourth-order valence-electron chi connectivity index (χ4n) is 3.33. The average Bonchev–Trinajstić information content (AvgIpc) is 2.85. The van der Waals surface area contributed by atoms with Crippen molar-refractivity contribution in [1.29, 1.82) is 0 Å². The van der Waals surface area contributed by atoms with E-state index in [2.05, 4.69) is 4.90 Å². The molecule has 1 aromatic rings. The van der Waals surface area contributed by atoms with Crippen molar-refractivity contribution in [2.75, 3.05) is 50.9 Å². The van der Waals surface area contributed by atoms with Gasteiger partial charge in [-0.15, -0.1) is 0 Å². The SMILES string of the molecule is O=S(=O)(Cc1cc(F)ccc1F)N1CCCSCC1CN1CCOCC1. The molecule has 2 heterocycles. The maximum atomic E-state index is 13.9. The molecule has 0 bridgehead atoms. The normalized spacial score (nSPS) is 23.7. The number of halogens is 2. The molecule has 1 unspecified atom stereocenters. The van der Waals surface area contributed by atoms with Gasteiger partial charge in [0, 0.05) is 43.5 Å². The molecule has 9 heteroatoms. The first kappa shape index (κ1) is 20.0. The molecule has 0 spiro atoms. The lowest BCUT2D eigenvalue weighted by Crippen LogP contribution is -2.50. The Kier molecular flexibility index (Phi) is 6.90. The van der Waals surface area contributed by atoms with Gasteiger partial charge in [-0.05, 0) is 30.4 Å². The van der Waals surface area contributed by atoms with Crippen LogP contribution in [0.3, 0.4) is 0 Å². The standard InChI is InChI=1S/C17H24F2N2O3S2/c18-15-2-3-17(19)14(10-15)13-26(22,23)21-4-1-9-25-12-16(21)11-20-5-7-24-8-6-20/h2-3,10,16H,1,4-9,11-13H2. The Morgan fingerprint density at radius 1 is 1.19 bits per heavy atom. The number of thioether (sulfide) groups is 1. The zero-order valence-electron chi connectivity index (χ0n) is 14.6. The maximum absolute atomic E-state index is 13.9. The van der Waals surface area contributed by atoms with Gasteiger partial charge in [-0.3, -0.25) is 4.90 Å². The molecule has 0 amide bonds. The van der Waals surface area contributed by atoms with Crippen LogP contribution in [0, 0.1) is 11.6 Å². The Hall–Kier alpha value is -0.740. The van der Waals surface area contributed by atoms with Crippen LogP contribution in [0.25, 0.3) is 0 Å². The number of benzene rings is 1. The van der Waals surface area contributed by atoms with E-state index in [1.807, 2.05) is 0 Å². The van der Waals surface area contributed by atoms with Crippen LogP contribution in [0.15, 0.2) is 18.2 Å². The van der Waals surface area contributed by atoms with Crippen LogP contribution in [0.5, 0.6) is 0 Å². The lowest BCUT2D eigenvalue weighted by molar-refractivity contribution is 0.0309. The van der Waals surface area contributed by atoms with Crippen molar-refractivity contribution in [3.8, 4) is 0 Å². The highest BCUT2D eigenvalue weighted by molar-refractivity contribution is 7.99. The minimum atomic E-state index is -3.74. The van der Waals surface area contributed by atoms with E-state index in [4.69, 9.17) is 4.74 Å². The van der Waals surface area contributed by atoms with E-state index < -0.39 is 27.4 Å². The van der Waals surface area contributed by atoms with Gasteiger partial charge in [-0.2, -0.15) is 16.1 Å². The zero-order chi connectivity index (χ0) is 18.6. The van der Waals surface area contributed by atoms with Crippen molar-refractivity contribution in [3.63, 3.8) is 0 Å². The predicted molar refractivity (Wildman–Crippen MR) is 98.7 cm³/mol. The molecule has 2 fully saturated rings. The van der Waals surface area contributed by atoms with Crippen molar-refractivity contribution < 1.29 is 21.9 Å². The third kappa shape index (κ3) is 5.16. The summed E-state index contributed by atoms with van der Waals surface area (Å²) in [5.74, 6) is -0.222. The summed E-state index contributed by atoms with van der Waals surface area (Å²) in [6, 6.07) is 2.78. The van der Waals surface area contributed by atoms with Gasteiger partial charge in [-0.25, -0.2) is 17.2 Å². The van der Waals surface area contributed by atoms with E-state index in [0.29, 0.717) is 32.1 Å². The molecule has 0 radical (unpaired) electrons. The molecule has 1 aromatic carbocycles. The van der Waals surface area contributed by atoms with Crippen molar-refractivity contribution in [2.45, 2.75) is 18.2 Å². The van der Waals surface area contributed by atoms with Crippen LogP contribution < -0.4 is 0 Å². The summed E-state index contributed by atoms with van der Waals surface area (Å²) < 4.78 is 60.2. The van der Waals surface area contributed by atoms with Crippen LogP contribution in [0.2, 0.25) is 0 Å². The van der Waals surface area contributed by atoms with Gasteiger partial charge in [0.1, 0.15) is 11.6 Å². The summed E-state index contributed by atoms with van der Waals surface area (Å²) in [7, 11) is -3.74. The molecule has 26 heavy (non-hydrogen) atoms. The number of hydrogen-bond acceptors (Lipinski definition) is 5. The Balaban J connectivity index is 1.78. The lowest BCUT2D eigenvalue weighted by Gasteiger charge is -2.35. The predicted octanol–water partition coefficient (Wildman–Crippen LogP) is 1.93. The molecular weight excluding hydrogens is 382 g/mol. The number of hydrogen-bond donors (Lipinski definition) is 0. The lowest BCUT2D eigenvalue weighted by atomic mass is 10.2. The fourth-order valence-corrected chi connectivity index (χ4v) is 6.27. The molecule has 5 nitrogen and oxygen atoms in total. The summed E-state index contributed by atoms with van der Waals surface area (Å²) in [5.41, 5.74) is -0.118.